The monoisotopic (exact) mass is 596 g/mol. The number of halogens is 3. The third kappa shape index (κ3) is 6.79. The normalized spacial score (nSPS) is 17.8. The average Bonchev–Trinajstić information content (AvgIpc) is 3.77. The molecule has 0 aliphatic carbocycles. The minimum atomic E-state index is -4.50. The standard InChI is InChI=1S/C29H31F3N8O3/c30-29(31,32)18-34-28(42)37-22-4-1-3-19(11-22)25-16-33-26-12-20(14-36-40(25)26)21-15-35-39(17-21)23-6-8-38(9-7-23)27(41)13-24-5-2-10-43-24/h1,3-4,11-12,14-17,23-24H,2,5-10,13,18H2,(H2,34,37,42). The molecule has 0 radical (unpaired) electrons. The zero-order valence-corrected chi connectivity index (χ0v) is 23.3. The first-order valence-electron chi connectivity index (χ1n) is 14.2. The molecule has 2 N–H and O–H groups in total. The van der Waals surface area contributed by atoms with Crippen molar-refractivity contribution in [3.8, 4) is 22.4 Å². The molecule has 0 spiro atoms. The van der Waals surface area contributed by atoms with Gasteiger partial charge in [0, 0.05) is 48.3 Å². The highest BCUT2D eigenvalue weighted by molar-refractivity contribution is 5.90. The number of piperidine rings is 1. The summed E-state index contributed by atoms with van der Waals surface area (Å²) in [6, 6.07) is 7.84. The van der Waals surface area contributed by atoms with Crippen molar-refractivity contribution < 1.29 is 27.5 Å². The summed E-state index contributed by atoms with van der Waals surface area (Å²) in [5, 5.41) is 13.4. The average molecular weight is 597 g/mol. The highest BCUT2D eigenvalue weighted by Crippen LogP contribution is 2.28. The minimum absolute atomic E-state index is 0.0611. The number of rotatable bonds is 7. The van der Waals surface area contributed by atoms with Crippen molar-refractivity contribution >= 4 is 23.3 Å². The Balaban J connectivity index is 1.09. The SMILES string of the molecule is O=C(NCC(F)(F)F)Nc1cccc(-c2cnc3cc(-c4cnn(C5CCN(C(=O)CC6CCCO6)CC5)c4)cnn23)c1. The van der Waals surface area contributed by atoms with Crippen LogP contribution in [0.3, 0.4) is 0 Å². The molecule has 1 aromatic carbocycles. The molecule has 3 aromatic heterocycles. The molecule has 3 amide bonds. The van der Waals surface area contributed by atoms with Crippen LogP contribution in [0.4, 0.5) is 23.7 Å². The van der Waals surface area contributed by atoms with E-state index in [1.54, 1.807) is 52.7 Å². The number of urea groups is 1. The molecule has 1 unspecified atom stereocenters. The predicted octanol–water partition coefficient (Wildman–Crippen LogP) is 4.68. The number of aromatic nitrogens is 5. The Bertz CT molecular complexity index is 1600. The van der Waals surface area contributed by atoms with Crippen molar-refractivity contribution in [1.82, 2.24) is 34.6 Å². The number of carbonyl (C=O) groups excluding carboxylic acids is 2. The van der Waals surface area contributed by atoms with Crippen LogP contribution in [0.2, 0.25) is 0 Å². The number of carbonyl (C=O) groups is 2. The van der Waals surface area contributed by atoms with Crippen molar-refractivity contribution in [2.45, 2.75) is 50.4 Å². The Labute approximate surface area is 245 Å². The Morgan fingerprint density at radius 1 is 1.00 bits per heavy atom. The number of fused-ring (bicyclic) bond motifs is 1. The fraction of sp³-hybridized carbons (Fsp3) is 0.414. The quantitative estimate of drug-likeness (QED) is 0.320. The third-order valence-electron chi connectivity index (χ3n) is 7.78. The molecule has 43 heavy (non-hydrogen) atoms. The summed E-state index contributed by atoms with van der Waals surface area (Å²) in [7, 11) is 0. The number of ether oxygens (including phenoxy) is 1. The van der Waals surface area contributed by atoms with Crippen molar-refractivity contribution in [2.75, 3.05) is 31.6 Å². The van der Waals surface area contributed by atoms with Gasteiger partial charge >= 0.3 is 12.2 Å². The molecule has 11 nitrogen and oxygen atoms in total. The van der Waals surface area contributed by atoms with Crippen LogP contribution in [-0.2, 0) is 9.53 Å². The van der Waals surface area contributed by atoms with Gasteiger partial charge in [-0.1, -0.05) is 12.1 Å². The molecule has 226 valence electrons. The number of nitrogens with one attached hydrogen (secondary N) is 2. The van der Waals surface area contributed by atoms with Gasteiger partial charge in [0.15, 0.2) is 5.65 Å². The van der Waals surface area contributed by atoms with E-state index < -0.39 is 18.8 Å². The van der Waals surface area contributed by atoms with Gasteiger partial charge in [-0.05, 0) is 43.9 Å². The van der Waals surface area contributed by atoms with E-state index in [0.717, 1.165) is 43.4 Å². The minimum Gasteiger partial charge on any atom is -0.378 e. The maximum Gasteiger partial charge on any atom is 0.405 e. The number of imidazole rings is 1. The zero-order valence-electron chi connectivity index (χ0n) is 23.3. The van der Waals surface area contributed by atoms with Crippen molar-refractivity contribution in [3.63, 3.8) is 0 Å². The van der Waals surface area contributed by atoms with Gasteiger partial charge in [0.2, 0.25) is 5.91 Å². The molecule has 2 saturated heterocycles. The van der Waals surface area contributed by atoms with Gasteiger partial charge in [-0.3, -0.25) is 9.48 Å². The van der Waals surface area contributed by atoms with E-state index in [4.69, 9.17) is 4.74 Å². The van der Waals surface area contributed by atoms with Crippen LogP contribution in [0, 0.1) is 0 Å². The van der Waals surface area contributed by atoms with Crippen molar-refractivity contribution in [3.05, 3.63) is 55.1 Å². The van der Waals surface area contributed by atoms with Crippen LogP contribution in [0.25, 0.3) is 28.0 Å². The summed E-state index contributed by atoms with van der Waals surface area (Å²) in [6.07, 6.45) is 6.83. The van der Waals surface area contributed by atoms with Crippen molar-refractivity contribution in [1.29, 1.82) is 0 Å². The number of nitrogens with zero attached hydrogens (tertiary/aromatic N) is 6. The second-order valence-corrected chi connectivity index (χ2v) is 10.8. The first kappa shape index (κ1) is 28.6. The molecule has 5 heterocycles. The molecule has 6 rings (SSSR count). The lowest BCUT2D eigenvalue weighted by atomic mass is 10.0. The second-order valence-electron chi connectivity index (χ2n) is 10.8. The maximum absolute atomic E-state index is 12.7. The number of amides is 3. The number of anilines is 1. The topological polar surface area (TPSA) is 119 Å². The van der Waals surface area contributed by atoms with E-state index in [0.29, 0.717) is 42.1 Å². The largest absolute Gasteiger partial charge is 0.405 e. The van der Waals surface area contributed by atoms with Gasteiger partial charge in [0.1, 0.15) is 6.54 Å². The molecule has 0 bridgehead atoms. The van der Waals surface area contributed by atoms with E-state index in [2.05, 4.69) is 20.5 Å². The Morgan fingerprint density at radius 3 is 2.58 bits per heavy atom. The number of benzene rings is 1. The smallest absolute Gasteiger partial charge is 0.378 e. The van der Waals surface area contributed by atoms with E-state index in [-0.39, 0.29) is 18.1 Å². The number of alkyl halides is 3. The van der Waals surface area contributed by atoms with Gasteiger partial charge in [0.05, 0.1) is 42.9 Å². The number of hydrogen-bond donors (Lipinski definition) is 2. The lowest BCUT2D eigenvalue weighted by molar-refractivity contribution is -0.134. The summed E-state index contributed by atoms with van der Waals surface area (Å²) in [6.45, 7) is 0.723. The highest BCUT2D eigenvalue weighted by Gasteiger charge is 2.28. The molecule has 14 heteroatoms. The molecule has 1 atom stereocenters. The molecule has 4 aromatic rings. The Hall–Kier alpha value is -4.46. The van der Waals surface area contributed by atoms with Crippen LogP contribution in [0.15, 0.2) is 55.1 Å². The lowest BCUT2D eigenvalue weighted by Crippen LogP contribution is -2.40. The van der Waals surface area contributed by atoms with Crippen LogP contribution in [0.1, 0.15) is 38.1 Å². The molecular formula is C29H31F3N8O3. The van der Waals surface area contributed by atoms with Gasteiger partial charge in [-0.25, -0.2) is 14.3 Å². The number of likely N-dealkylation sites (tertiary alicyclic amines) is 1. The van der Waals surface area contributed by atoms with Crippen LogP contribution < -0.4 is 10.6 Å². The maximum atomic E-state index is 12.7. The van der Waals surface area contributed by atoms with Gasteiger partial charge in [-0.2, -0.15) is 23.4 Å². The molecule has 2 aliphatic rings. The van der Waals surface area contributed by atoms with Crippen LogP contribution in [-0.4, -0.2) is 79.7 Å². The summed E-state index contributed by atoms with van der Waals surface area (Å²) in [5.74, 6) is 0.166. The Kier molecular flexibility index (Phi) is 8.02. The van der Waals surface area contributed by atoms with E-state index in [1.807, 2.05) is 21.8 Å². The van der Waals surface area contributed by atoms with Crippen molar-refractivity contribution in [2.24, 2.45) is 0 Å². The summed E-state index contributed by atoms with van der Waals surface area (Å²) >= 11 is 0. The number of hydrogen-bond acceptors (Lipinski definition) is 6. The molecular weight excluding hydrogens is 565 g/mol. The first-order valence-corrected chi connectivity index (χ1v) is 14.2. The van der Waals surface area contributed by atoms with Crippen LogP contribution >= 0.6 is 0 Å². The first-order chi connectivity index (χ1) is 20.7. The zero-order chi connectivity index (χ0) is 30.0. The fourth-order valence-corrected chi connectivity index (χ4v) is 5.54. The summed E-state index contributed by atoms with van der Waals surface area (Å²) < 4.78 is 46.4. The van der Waals surface area contributed by atoms with E-state index in [9.17, 15) is 22.8 Å². The van der Waals surface area contributed by atoms with Gasteiger partial charge < -0.3 is 20.3 Å². The van der Waals surface area contributed by atoms with Crippen LogP contribution in [0.5, 0.6) is 0 Å². The fourth-order valence-electron chi connectivity index (χ4n) is 5.54. The van der Waals surface area contributed by atoms with E-state index >= 15 is 0 Å². The predicted molar refractivity (Wildman–Crippen MR) is 151 cm³/mol. The third-order valence-corrected chi connectivity index (χ3v) is 7.78. The second kappa shape index (κ2) is 12.0. The molecule has 0 saturated carbocycles. The lowest BCUT2D eigenvalue weighted by Gasteiger charge is -2.32. The molecule has 2 aliphatic heterocycles. The van der Waals surface area contributed by atoms with Gasteiger partial charge in [0.25, 0.3) is 0 Å². The summed E-state index contributed by atoms with van der Waals surface area (Å²) in [5.41, 5.74) is 3.99. The Morgan fingerprint density at radius 2 is 1.81 bits per heavy atom. The van der Waals surface area contributed by atoms with Gasteiger partial charge in [-0.15, -0.1) is 0 Å². The van der Waals surface area contributed by atoms with E-state index in [1.165, 1.54) is 0 Å². The highest BCUT2D eigenvalue weighted by atomic mass is 19.4. The molecule has 2 fully saturated rings. The summed E-state index contributed by atoms with van der Waals surface area (Å²) in [4.78, 5) is 30.9.